The highest BCUT2D eigenvalue weighted by atomic mass is 19.1. The van der Waals surface area contributed by atoms with Crippen molar-refractivity contribution in [1.29, 1.82) is 0 Å². The van der Waals surface area contributed by atoms with Crippen LogP contribution in [0.1, 0.15) is 40.6 Å². The van der Waals surface area contributed by atoms with Gasteiger partial charge in [-0.1, -0.05) is 12.1 Å². The highest BCUT2D eigenvalue weighted by molar-refractivity contribution is 5.97. The molecule has 152 valence electrons. The summed E-state index contributed by atoms with van der Waals surface area (Å²) in [6.07, 6.45) is 0. The molecule has 2 aromatic carbocycles. The molecule has 1 aliphatic heterocycles. The van der Waals surface area contributed by atoms with Gasteiger partial charge < -0.3 is 5.32 Å². The summed E-state index contributed by atoms with van der Waals surface area (Å²) < 4.78 is 29.9. The van der Waals surface area contributed by atoms with Crippen molar-refractivity contribution >= 4 is 16.5 Å². The van der Waals surface area contributed by atoms with Crippen LogP contribution in [0.5, 0.6) is 0 Å². The van der Waals surface area contributed by atoms with Crippen molar-refractivity contribution < 1.29 is 8.78 Å². The average molecular weight is 408 g/mol. The molecule has 5 rings (SSSR count). The predicted octanol–water partition coefficient (Wildman–Crippen LogP) is 3.47. The number of anilines is 1. The molecule has 2 unspecified atom stereocenters. The minimum absolute atomic E-state index is 0.204. The van der Waals surface area contributed by atoms with E-state index in [0.717, 1.165) is 5.56 Å². The van der Waals surface area contributed by atoms with Crippen LogP contribution < -0.4 is 10.9 Å². The lowest BCUT2D eigenvalue weighted by Crippen LogP contribution is -2.32. The second kappa shape index (κ2) is 6.45. The SMILES string of the molecule is Cc1nc(C)n(C2c3n[nH]c(=O)c4cc(F)cc(c34)NC2c2ccc(F)c(C)c2)n1. The van der Waals surface area contributed by atoms with E-state index in [1.165, 1.54) is 18.2 Å². The summed E-state index contributed by atoms with van der Waals surface area (Å²) in [5, 5.41) is 15.4. The molecule has 2 N–H and O–H groups in total. The minimum atomic E-state index is -0.534. The van der Waals surface area contributed by atoms with Crippen molar-refractivity contribution in [2.45, 2.75) is 32.9 Å². The Balaban J connectivity index is 1.83. The number of aromatic nitrogens is 5. The van der Waals surface area contributed by atoms with Crippen LogP contribution in [0, 0.1) is 32.4 Å². The molecule has 4 aromatic rings. The number of hydrogen-bond donors (Lipinski definition) is 2. The van der Waals surface area contributed by atoms with E-state index in [9.17, 15) is 13.6 Å². The molecule has 0 amide bonds. The Morgan fingerprint density at radius 3 is 2.60 bits per heavy atom. The van der Waals surface area contributed by atoms with E-state index in [4.69, 9.17) is 0 Å². The molecular weight excluding hydrogens is 390 g/mol. The van der Waals surface area contributed by atoms with Crippen LogP contribution in [-0.4, -0.2) is 25.0 Å². The number of benzene rings is 2. The highest BCUT2D eigenvalue weighted by Gasteiger charge is 2.37. The van der Waals surface area contributed by atoms with Crippen LogP contribution in [0.4, 0.5) is 14.5 Å². The fourth-order valence-corrected chi connectivity index (χ4v) is 4.20. The summed E-state index contributed by atoms with van der Waals surface area (Å²) in [4.78, 5) is 16.7. The molecule has 2 aromatic heterocycles. The van der Waals surface area contributed by atoms with E-state index in [1.54, 1.807) is 30.7 Å². The predicted molar refractivity (Wildman–Crippen MR) is 107 cm³/mol. The molecule has 0 saturated carbocycles. The maximum Gasteiger partial charge on any atom is 0.272 e. The van der Waals surface area contributed by atoms with Crippen LogP contribution >= 0.6 is 0 Å². The number of aromatic amines is 1. The number of halogens is 2. The molecule has 0 fully saturated rings. The molecule has 2 atom stereocenters. The summed E-state index contributed by atoms with van der Waals surface area (Å²) in [7, 11) is 0. The van der Waals surface area contributed by atoms with Crippen molar-refractivity contribution in [2.75, 3.05) is 5.32 Å². The lowest BCUT2D eigenvalue weighted by atomic mass is 9.89. The summed E-state index contributed by atoms with van der Waals surface area (Å²) >= 11 is 0. The van der Waals surface area contributed by atoms with Gasteiger partial charge in [0.15, 0.2) is 0 Å². The van der Waals surface area contributed by atoms with Gasteiger partial charge >= 0.3 is 0 Å². The Bertz CT molecular complexity index is 1380. The second-order valence-corrected chi connectivity index (χ2v) is 7.54. The summed E-state index contributed by atoms with van der Waals surface area (Å²) in [5.74, 6) is 0.407. The Morgan fingerprint density at radius 1 is 1.10 bits per heavy atom. The molecule has 0 bridgehead atoms. The van der Waals surface area contributed by atoms with Gasteiger partial charge in [-0.2, -0.15) is 10.2 Å². The molecule has 1 aliphatic rings. The second-order valence-electron chi connectivity index (χ2n) is 7.54. The molecule has 0 radical (unpaired) electrons. The van der Waals surface area contributed by atoms with Gasteiger partial charge in [0.05, 0.1) is 17.1 Å². The molecule has 9 heteroatoms. The number of nitrogens with zero attached hydrogens (tertiary/aromatic N) is 4. The Kier molecular flexibility index (Phi) is 3.96. The van der Waals surface area contributed by atoms with E-state index in [2.05, 4.69) is 25.6 Å². The number of rotatable bonds is 2. The third-order valence-electron chi connectivity index (χ3n) is 5.50. The lowest BCUT2D eigenvalue weighted by molar-refractivity contribution is 0.435. The molecule has 0 spiro atoms. The standard InChI is InChI=1S/C21H18F2N6O/c1-9-6-12(4-5-15(9)23)18-20(29-11(3)24-10(2)28-29)19-17-14(21(30)27-26-19)7-13(22)8-16(17)25-18/h4-8,18,20,25H,1-3H3,(H,27,30). The zero-order valence-corrected chi connectivity index (χ0v) is 16.5. The van der Waals surface area contributed by atoms with E-state index in [-0.39, 0.29) is 11.2 Å². The van der Waals surface area contributed by atoms with Gasteiger partial charge in [-0.3, -0.25) is 4.79 Å². The van der Waals surface area contributed by atoms with Gasteiger partial charge in [0, 0.05) is 11.1 Å². The van der Waals surface area contributed by atoms with Crippen LogP contribution in [0.15, 0.2) is 35.1 Å². The van der Waals surface area contributed by atoms with E-state index >= 15 is 0 Å². The summed E-state index contributed by atoms with van der Waals surface area (Å²) in [6.45, 7) is 5.30. The number of nitrogens with one attached hydrogen (secondary N) is 2. The van der Waals surface area contributed by atoms with Crippen LogP contribution in [0.25, 0.3) is 10.8 Å². The third kappa shape index (κ3) is 2.69. The minimum Gasteiger partial charge on any atom is -0.375 e. The normalized spacial score (nSPS) is 17.9. The largest absolute Gasteiger partial charge is 0.375 e. The smallest absolute Gasteiger partial charge is 0.272 e. The van der Waals surface area contributed by atoms with Crippen LogP contribution in [-0.2, 0) is 0 Å². The van der Waals surface area contributed by atoms with Crippen molar-refractivity contribution in [3.8, 4) is 0 Å². The number of aryl methyl sites for hydroxylation is 3. The van der Waals surface area contributed by atoms with Crippen LogP contribution in [0.3, 0.4) is 0 Å². The zero-order chi connectivity index (χ0) is 21.2. The molecule has 30 heavy (non-hydrogen) atoms. The third-order valence-corrected chi connectivity index (χ3v) is 5.50. The fraction of sp³-hybridized carbons (Fsp3) is 0.238. The number of hydrogen-bond acceptors (Lipinski definition) is 5. The van der Waals surface area contributed by atoms with Gasteiger partial charge in [-0.25, -0.2) is 23.5 Å². The van der Waals surface area contributed by atoms with E-state index < -0.39 is 23.5 Å². The molecule has 7 nitrogen and oxygen atoms in total. The maximum atomic E-state index is 14.3. The molecular formula is C21H18F2N6O. The first kappa shape index (κ1) is 18.4. The quantitative estimate of drug-likeness (QED) is 0.530. The van der Waals surface area contributed by atoms with E-state index in [0.29, 0.717) is 34.0 Å². The average Bonchev–Trinajstić information content (AvgIpc) is 3.03. The zero-order valence-electron chi connectivity index (χ0n) is 16.5. The fourth-order valence-electron chi connectivity index (χ4n) is 4.20. The first-order valence-corrected chi connectivity index (χ1v) is 9.47. The summed E-state index contributed by atoms with van der Waals surface area (Å²) in [5.41, 5.74) is 1.79. The van der Waals surface area contributed by atoms with Gasteiger partial charge in [0.1, 0.15) is 29.3 Å². The van der Waals surface area contributed by atoms with Gasteiger partial charge in [-0.05, 0) is 50.1 Å². The van der Waals surface area contributed by atoms with Crippen LogP contribution in [0.2, 0.25) is 0 Å². The van der Waals surface area contributed by atoms with Gasteiger partial charge in [0.25, 0.3) is 5.56 Å². The first-order chi connectivity index (χ1) is 14.3. The van der Waals surface area contributed by atoms with Crippen molar-refractivity contribution in [2.24, 2.45) is 0 Å². The van der Waals surface area contributed by atoms with Crippen molar-refractivity contribution in [1.82, 2.24) is 25.0 Å². The molecule has 0 saturated heterocycles. The Morgan fingerprint density at radius 2 is 1.90 bits per heavy atom. The lowest BCUT2D eigenvalue weighted by Gasteiger charge is -2.34. The van der Waals surface area contributed by atoms with Crippen molar-refractivity contribution in [3.63, 3.8) is 0 Å². The van der Waals surface area contributed by atoms with E-state index in [1.807, 2.05) is 6.92 Å². The first-order valence-electron chi connectivity index (χ1n) is 9.47. The monoisotopic (exact) mass is 408 g/mol. The Hall–Kier alpha value is -3.62. The van der Waals surface area contributed by atoms with Gasteiger partial charge in [0.2, 0.25) is 0 Å². The summed E-state index contributed by atoms with van der Waals surface area (Å²) in [6, 6.07) is 6.43. The molecule has 3 heterocycles. The Labute approximate surface area is 169 Å². The van der Waals surface area contributed by atoms with Gasteiger partial charge in [-0.15, -0.1) is 0 Å². The topological polar surface area (TPSA) is 88.5 Å². The maximum absolute atomic E-state index is 14.3. The van der Waals surface area contributed by atoms with Crippen molar-refractivity contribution in [3.05, 3.63) is 80.8 Å². The number of H-pyrrole nitrogens is 1. The highest BCUT2D eigenvalue weighted by Crippen LogP contribution is 2.44. The molecule has 0 aliphatic carbocycles.